The zero-order valence-electron chi connectivity index (χ0n) is 14.5. The van der Waals surface area contributed by atoms with Gasteiger partial charge in [-0.25, -0.2) is 4.79 Å². The molecule has 1 aliphatic rings. The molecule has 1 fully saturated rings. The van der Waals surface area contributed by atoms with Crippen LogP contribution in [0.25, 0.3) is 0 Å². The molecule has 1 saturated heterocycles. The summed E-state index contributed by atoms with van der Waals surface area (Å²) in [7, 11) is 3.52. The van der Waals surface area contributed by atoms with E-state index in [4.69, 9.17) is 0 Å². The maximum atomic E-state index is 12.2. The maximum Gasteiger partial charge on any atom is 0.317 e. The average Bonchev–Trinajstić information content (AvgIpc) is 2.53. The first-order valence-electron chi connectivity index (χ1n) is 8.25. The number of nitrogens with one attached hydrogen (secondary N) is 1. The Labute approximate surface area is 138 Å². The third kappa shape index (κ3) is 4.47. The third-order valence-electron chi connectivity index (χ3n) is 4.13. The number of benzene rings is 1. The smallest absolute Gasteiger partial charge is 0.317 e. The van der Waals surface area contributed by atoms with Crippen molar-refractivity contribution in [2.45, 2.75) is 38.6 Å². The quantitative estimate of drug-likeness (QED) is 0.932. The zero-order valence-corrected chi connectivity index (χ0v) is 14.5. The number of urea groups is 1. The van der Waals surface area contributed by atoms with Crippen LogP contribution in [0.5, 0.6) is 0 Å². The number of carbonyl (C=O) groups excluding carboxylic acids is 2. The van der Waals surface area contributed by atoms with Crippen molar-refractivity contribution in [3.63, 3.8) is 0 Å². The molecule has 3 amide bonds. The average molecular weight is 317 g/mol. The van der Waals surface area contributed by atoms with Gasteiger partial charge in [0.1, 0.15) is 0 Å². The largest absolute Gasteiger partial charge is 0.345 e. The highest BCUT2D eigenvalue weighted by molar-refractivity contribution is 5.94. The van der Waals surface area contributed by atoms with Crippen LogP contribution in [0.1, 0.15) is 48.5 Å². The lowest BCUT2D eigenvalue weighted by molar-refractivity contribution is 0.0827. The zero-order chi connectivity index (χ0) is 17.0. The van der Waals surface area contributed by atoms with Crippen LogP contribution in [0.15, 0.2) is 24.3 Å². The fraction of sp³-hybridized carbons (Fsp3) is 0.556. The molecular formula is C18H27N3O2. The molecule has 0 saturated carbocycles. The molecule has 1 aliphatic heterocycles. The Hall–Kier alpha value is -2.04. The van der Waals surface area contributed by atoms with Gasteiger partial charge in [0.2, 0.25) is 0 Å². The van der Waals surface area contributed by atoms with Gasteiger partial charge in [0.05, 0.1) is 0 Å². The van der Waals surface area contributed by atoms with E-state index in [0.29, 0.717) is 12.1 Å². The molecule has 23 heavy (non-hydrogen) atoms. The minimum Gasteiger partial charge on any atom is -0.345 e. The first kappa shape index (κ1) is 17.3. The van der Waals surface area contributed by atoms with Gasteiger partial charge >= 0.3 is 6.03 Å². The molecule has 0 radical (unpaired) electrons. The summed E-state index contributed by atoms with van der Waals surface area (Å²) in [5, 5.41) is 2.96. The molecule has 0 aromatic heterocycles. The summed E-state index contributed by atoms with van der Waals surface area (Å²) >= 11 is 0. The summed E-state index contributed by atoms with van der Waals surface area (Å²) in [4.78, 5) is 27.8. The second-order valence-electron chi connectivity index (χ2n) is 6.71. The number of amides is 3. The Morgan fingerprint density at radius 1 is 1.30 bits per heavy atom. The molecule has 1 aromatic carbocycles. The monoisotopic (exact) mass is 317 g/mol. The van der Waals surface area contributed by atoms with Crippen LogP contribution >= 0.6 is 0 Å². The van der Waals surface area contributed by atoms with E-state index in [-0.39, 0.29) is 23.9 Å². The standard InChI is InChI=1S/C18H27N3O2/c1-13(2)19-18(23)21-10-6-9-16(12-21)14-7-5-8-15(11-14)17(22)20(3)4/h5,7-8,11,13,16H,6,9-10,12H2,1-4H3,(H,19,23)/t16-/m1/s1. The first-order valence-corrected chi connectivity index (χ1v) is 8.25. The van der Waals surface area contributed by atoms with Gasteiger partial charge in [0, 0.05) is 44.7 Å². The highest BCUT2D eigenvalue weighted by atomic mass is 16.2. The van der Waals surface area contributed by atoms with Crippen molar-refractivity contribution in [2.75, 3.05) is 27.2 Å². The van der Waals surface area contributed by atoms with Gasteiger partial charge in [-0.2, -0.15) is 0 Å². The minimum atomic E-state index is 0.00484. The van der Waals surface area contributed by atoms with Gasteiger partial charge in [-0.1, -0.05) is 12.1 Å². The molecule has 5 heteroatoms. The molecule has 0 spiro atoms. The maximum absolute atomic E-state index is 12.2. The second kappa shape index (κ2) is 7.49. The Kier molecular flexibility index (Phi) is 5.64. The lowest BCUT2D eigenvalue weighted by Gasteiger charge is -2.33. The topological polar surface area (TPSA) is 52.7 Å². The number of likely N-dealkylation sites (tertiary alicyclic amines) is 1. The van der Waals surface area contributed by atoms with Crippen molar-refractivity contribution in [2.24, 2.45) is 0 Å². The van der Waals surface area contributed by atoms with E-state index >= 15 is 0 Å². The molecule has 2 rings (SSSR count). The van der Waals surface area contributed by atoms with E-state index in [0.717, 1.165) is 24.9 Å². The van der Waals surface area contributed by atoms with Crippen LogP contribution < -0.4 is 5.32 Å². The predicted molar refractivity (Wildman–Crippen MR) is 91.7 cm³/mol. The van der Waals surface area contributed by atoms with E-state index in [1.54, 1.807) is 19.0 Å². The molecule has 5 nitrogen and oxygen atoms in total. The predicted octanol–water partition coefficient (Wildman–Crippen LogP) is 2.69. The summed E-state index contributed by atoms with van der Waals surface area (Å²) in [6, 6.07) is 7.95. The molecule has 1 N–H and O–H groups in total. The number of hydrogen-bond donors (Lipinski definition) is 1. The minimum absolute atomic E-state index is 0.00484. The third-order valence-corrected chi connectivity index (χ3v) is 4.13. The molecule has 1 heterocycles. The Morgan fingerprint density at radius 3 is 2.70 bits per heavy atom. The van der Waals surface area contributed by atoms with Crippen molar-refractivity contribution < 1.29 is 9.59 Å². The van der Waals surface area contributed by atoms with Crippen molar-refractivity contribution in [1.29, 1.82) is 0 Å². The van der Waals surface area contributed by atoms with Gasteiger partial charge < -0.3 is 15.1 Å². The lowest BCUT2D eigenvalue weighted by Crippen LogP contribution is -2.47. The number of hydrogen-bond acceptors (Lipinski definition) is 2. The summed E-state index contributed by atoms with van der Waals surface area (Å²) < 4.78 is 0. The van der Waals surface area contributed by atoms with Crippen molar-refractivity contribution in [3.8, 4) is 0 Å². The van der Waals surface area contributed by atoms with Gasteiger partial charge in [-0.3, -0.25) is 4.79 Å². The van der Waals surface area contributed by atoms with Crippen LogP contribution in [0, 0.1) is 0 Å². The van der Waals surface area contributed by atoms with E-state index < -0.39 is 0 Å². The number of rotatable bonds is 3. The fourth-order valence-electron chi connectivity index (χ4n) is 2.96. The Bertz CT molecular complexity index is 569. The van der Waals surface area contributed by atoms with Gasteiger partial charge in [-0.15, -0.1) is 0 Å². The number of piperidine rings is 1. The molecule has 1 aromatic rings. The number of nitrogens with zero attached hydrogens (tertiary/aromatic N) is 2. The molecule has 0 bridgehead atoms. The van der Waals surface area contributed by atoms with E-state index in [1.165, 1.54) is 0 Å². The highest BCUT2D eigenvalue weighted by Gasteiger charge is 2.25. The second-order valence-corrected chi connectivity index (χ2v) is 6.71. The van der Waals surface area contributed by atoms with Gasteiger partial charge in [-0.05, 0) is 44.4 Å². The molecule has 126 valence electrons. The summed E-state index contributed by atoms with van der Waals surface area (Å²) in [5.41, 5.74) is 1.84. The Balaban J connectivity index is 2.11. The summed E-state index contributed by atoms with van der Waals surface area (Å²) in [5.74, 6) is 0.300. The van der Waals surface area contributed by atoms with Crippen LogP contribution in [0.3, 0.4) is 0 Å². The van der Waals surface area contributed by atoms with Crippen LogP contribution in [0.4, 0.5) is 4.79 Å². The SMILES string of the molecule is CC(C)NC(=O)N1CCC[C@@H](c2cccc(C(=O)N(C)C)c2)C1. The highest BCUT2D eigenvalue weighted by Crippen LogP contribution is 2.27. The Morgan fingerprint density at radius 2 is 2.04 bits per heavy atom. The van der Waals surface area contributed by atoms with Gasteiger partial charge in [0.15, 0.2) is 0 Å². The lowest BCUT2D eigenvalue weighted by atomic mass is 9.89. The first-order chi connectivity index (χ1) is 10.9. The summed E-state index contributed by atoms with van der Waals surface area (Å²) in [6.45, 7) is 5.44. The van der Waals surface area contributed by atoms with Crippen molar-refractivity contribution >= 4 is 11.9 Å². The molecule has 0 aliphatic carbocycles. The van der Waals surface area contributed by atoms with E-state index in [9.17, 15) is 9.59 Å². The fourth-order valence-corrected chi connectivity index (χ4v) is 2.96. The molecule has 1 atom stereocenters. The van der Waals surface area contributed by atoms with Crippen LogP contribution in [0.2, 0.25) is 0 Å². The number of carbonyl (C=O) groups is 2. The van der Waals surface area contributed by atoms with Crippen molar-refractivity contribution in [3.05, 3.63) is 35.4 Å². The normalized spacial score (nSPS) is 18.0. The van der Waals surface area contributed by atoms with Crippen LogP contribution in [-0.4, -0.2) is 55.0 Å². The van der Waals surface area contributed by atoms with Crippen molar-refractivity contribution in [1.82, 2.24) is 15.1 Å². The molecular weight excluding hydrogens is 290 g/mol. The van der Waals surface area contributed by atoms with E-state index in [2.05, 4.69) is 11.4 Å². The van der Waals surface area contributed by atoms with E-state index in [1.807, 2.05) is 36.9 Å². The molecule has 0 unspecified atom stereocenters. The summed E-state index contributed by atoms with van der Waals surface area (Å²) in [6.07, 6.45) is 2.03. The van der Waals surface area contributed by atoms with Gasteiger partial charge in [0.25, 0.3) is 5.91 Å². The van der Waals surface area contributed by atoms with Crippen LogP contribution in [-0.2, 0) is 0 Å².